The lowest BCUT2D eigenvalue weighted by Gasteiger charge is -2.34. The second kappa shape index (κ2) is 11.3. The molecular weight excluding hydrogens is 564 g/mol. The summed E-state index contributed by atoms with van der Waals surface area (Å²) in [6.45, 7) is 6.68. The van der Waals surface area contributed by atoms with Crippen molar-refractivity contribution in [3.8, 4) is 0 Å². The van der Waals surface area contributed by atoms with Gasteiger partial charge in [-0.25, -0.2) is 16.8 Å². The zero-order chi connectivity index (χ0) is 29.6. The van der Waals surface area contributed by atoms with E-state index in [0.29, 0.717) is 29.9 Å². The van der Waals surface area contributed by atoms with Crippen LogP contribution in [0, 0.1) is 25.7 Å². The van der Waals surface area contributed by atoms with Crippen molar-refractivity contribution in [2.75, 3.05) is 37.7 Å². The van der Waals surface area contributed by atoms with E-state index in [2.05, 4.69) is 12.2 Å². The Morgan fingerprint density at radius 3 is 2.20 bits per heavy atom. The van der Waals surface area contributed by atoms with Crippen LogP contribution in [0.15, 0.2) is 22.5 Å². The van der Waals surface area contributed by atoms with E-state index < -0.39 is 25.4 Å². The average molecular weight is 605 g/mol. The average Bonchev–Trinajstić information content (AvgIpc) is 3.23. The van der Waals surface area contributed by atoms with E-state index in [1.165, 1.54) is 9.71 Å². The Morgan fingerprint density at radius 2 is 1.61 bits per heavy atom. The summed E-state index contributed by atoms with van der Waals surface area (Å²) in [6, 6.07) is 3.44. The molecule has 10 nitrogen and oxygen atoms in total. The molecule has 1 aromatic carbocycles. The summed E-state index contributed by atoms with van der Waals surface area (Å²) in [5.41, 5.74) is 1.80. The summed E-state index contributed by atoms with van der Waals surface area (Å²) in [4.78, 5) is 32.3. The number of hydrogen-bond acceptors (Lipinski definition) is 7. The summed E-state index contributed by atoms with van der Waals surface area (Å²) in [5, 5.41) is 4.22. The van der Waals surface area contributed by atoms with Crippen LogP contribution in [0.1, 0.15) is 72.5 Å². The number of aryl methyl sites for hydroxylation is 2. The predicted molar refractivity (Wildman–Crippen MR) is 159 cm³/mol. The van der Waals surface area contributed by atoms with Crippen LogP contribution in [0.4, 0.5) is 0 Å². The smallest absolute Gasteiger partial charge is 0.253 e. The highest BCUT2D eigenvalue weighted by atomic mass is 32.2. The van der Waals surface area contributed by atoms with Crippen molar-refractivity contribution in [3.05, 3.63) is 39.8 Å². The molecule has 1 aromatic rings. The zero-order valence-corrected chi connectivity index (χ0v) is 25.7. The fourth-order valence-electron chi connectivity index (χ4n) is 6.42. The minimum Gasteiger partial charge on any atom is -0.337 e. The molecule has 3 aliphatic heterocycles. The Bertz CT molecular complexity index is 1460. The second-order valence-electron chi connectivity index (χ2n) is 12.2. The Balaban J connectivity index is 1.24. The number of nitrogens with zero attached hydrogens (tertiary/aromatic N) is 3. The van der Waals surface area contributed by atoms with Gasteiger partial charge in [-0.3, -0.25) is 14.6 Å². The minimum absolute atomic E-state index is 0.0367. The van der Waals surface area contributed by atoms with Crippen molar-refractivity contribution in [1.29, 1.82) is 0 Å². The van der Waals surface area contributed by atoms with E-state index in [-0.39, 0.29) is 55.4 Å². The topological polar surface area (TPSA) is 133 Å². The third-order valence-electron chi connectivity index (χ3n) is 9.19. The number of piperidine rings is 1. The van der Waals surface area contributed by atoms with Crippen molar-refractivity contribution >= 4 is 43.6 Å². The number of aliphatic imine (C=N–C) groups is 1. The van der Waals surface area contributed by atoms with E-state index in [0.717, 1.165) is 42.6 Å². The highest BCUT2D eigenvalue weighted by molar-refractivity contribution is 7.92. The normalized spacial score (nSPS) is 26.8. The molecule has 0 bridgehead atoms. The van der Waals surface area contributed by atoms with Crippen LogP contribution >= 0.6 is 0 Å². The van der Waals surface area contributed by atoms with E-state index in [1.807, 2.05) is 13.8 Å². The summed E-state index contributed by atoms with van der Waals surface area (Å²) in [6.07, 6.45) is 6.59. The SMILES string of the molecule is Cc1cc(C(=O)N2CCS(=O)(=O)CC2)cc(C)c1/C=C/S(=O)(=O)N1CCC2(CC1)N=C(C1CCC(C)CC1)NC2=O. The lowest BCUT2D eigenvalue weighted by Crippen LogP contribution is -2.50. The summed E-state index contributed by atoms with van der Waals surface area (Å²) in [5.74, 6) is 1.37. The summed E-state index contributed by atoms with van der Waals surface area (Å²) in [7, 11) is -6.83. The second-order valence-corrected chi connectivity index (χ2v) is 16.3. The number of sulfone groups is 1. The minimum atomic E-state index is -3.73. The molecule has 2 amide bonds. The van der Waals surface area contributed by atoms with Crippen molar-refractivity contribution in [2.24, 2.45) is 16.8 Å². The van der Waals surface area contributed by atoms with E-state index >= 15 is 0 Å². The Hall–Kier alpha value is -2.57. The first kappa shape index (κ1) is 29.9. The molecule has 224 valence electrons. The maximum Gasteiger partial charge on any atom is 0.253 e. The molecule has 0 unspecified atom stereocenters. The molecule has 1 saturated carbocycles. The van der Waals surface area contributed by atoms with Gasteiger partial charge in [0.2, 0.25) is 10.0 Å². The number of rotatable bonds is 5. The Labute approximate surface area is 243 Å². The van der Waals surface area contributed by atoms with Crippen molar-refractivity contribution in [1.82, 2.24) is 14.5 Å². The van der Waals surface area contributed by atoms with Crippen LogP contribution in [0.2, 0.25) is 0 Å². The quantitative estimate of drug-likeness (QED) is 0.550. The maximum absolute atomic E-state index is 13.2. The number of sulfonamides is 1. The monoisotopic (exact) mass is 604 g/mol. The third kappa shape index (κ3) is 6.29. The van der Waals surface area contributed by atoms with Gasteiger partial charge < -0.3 is 10.2 Å². The van der Waals surface area contributed by atoms with Gasteiger partial charge in [-0.15, -0.1) is 0 Å². The predicted octanol–water partition coefficient (Wildman–Crippen LogP) is 2.66. The van der Waals surface area contributed by atoms with Crippen LogP contribution < -0.4 is 5.32 Å². The summed E-state index contributed by atoms with van der Waals surface area (Å²) >= 11 is 0. The van der Waals surface area contributed by atoms with Gasteiger partial charge in [0.1, 0.15) is 11.4 Å². The van der Waals surface area contributed by atoms with E-state index in [1.54, 1.807) is 23.1 Å². The molecule has 0 aromatic heterocycles. The number of amidine groups is 1. The molecule has 41 heavy (non-hydrogen) atoms. The van der Waals surface area contributed by atoms with Crippen molar-refractivity contribution in [3.63, 3.8) is 0 Å². The van der Waals surface area contributed by atoms with Gasteiger partial charge in [-0.05, 0) is 80.3 Å². The van der Waals surface area contributed by atoms with Crippen LogP contribution in [0.5, 0.6) is 0 Å². The molecule has 3 heterocycles. The number of carbonyl (C=O) groups is 2. The number of amides is 2. The highest BCUT2D eigenvalue weighted by Crippen LogP contribution is 2.36. The molecule has 1 spiro atoms. The molecule has 5 rings (SSSR count). The Morgan fingerprint density at radius 1 is 1.02 bits per heavy atom. The van der Waals surface area contributed by atoms with Crippen molar-refractivity contribution < 1.29 is 26.4 Å². The van der Waals surface area contributed by atoms with Gasteiger partial charge in [0.25, 0.3) is 11.8 Å². The number of nitrogens with one attached hydrogen (secondary N) is 1. The van der Waals surface area contributed by atoms with Crippen molar-refractivity contribution in [2.45, 2.75) is 64.8 Å². The maximum atomic E-state index is 13.2. The van der Waals surface area contributed by atoms with Gasteiger partial charge in [0, 0.05) is 43.1 Å². The number of hydrogen-bond donors (Lipinski definition) is 1. The molecule has 0 radical (unpaired) electrons. The van der Waals surface area contributed by atoms with Gasteiger partial charge in [-0.1, -0.05) is 19.8 Å². The first-order chi connectivity index (χ1) is 19.3. The lowest BCUT2D eigenvalue weighted by molar-refractivity contribution is -0.125. The molecule has 1 N–H and O–H groups in total. The molecule has 1 aliphatic carbocycles. The van der Waals surface area contributed by atoms with Crippen LogP contribution in [-0.2, 0) is 24.7 Å². The van der Waals surface area contributed by atoms with Crippen LogP contribution in [-0.4, -0.2) is 86.9 Å². The molecular formula is C29H40N4O6S2. The number of benzene rings is 1. The number of carbonyl (C=O) groups excluding carboxylic acids is 2. The van der Waals surface area contributed by atoms with Gasteiger partial charge in [0.15, 0.2) is 9.84 Å². The van der Waals surface area contributed by atoms with E-state index in [9.17, 15) is 26.4 Å². The highest BCUT2D eigenvalue weighted by Gasteiger charge is 2.48. The van der Waals surface area contributed by atoms with Gasteiger partial charge in [0.05, 0.1) is 11.5 Å². The molecule has 12 heteroatoms. The van der Waals surface area contributed by atoms with Crippen LogP contribution in [0.25, 0.3) is 6.08 Å². The van der Waals surface area contributed by atoms with E-state index in [4.69, 9.17) is 4.99 Å². The van der Waals surface area contributed by atoms with Gasteiger partial charge in [-0.2, -0.15) is 4.31 Å². The molecule has 0 atom stereocenters. The fourth-order valence-corrected chi connectivity index (χ4v) is 8.79. The fraction of sp³-hybridized carbons (Fsp3) is 0.621. The summed E-state index contributed by atoms with van der Waals surface area (Å²) < 4.78 is 51.3. The largest absolute Gasteiger partial charge is 0.337 e. The molecule has 4 aliphatic rings. The molecule has 3 fully saturated rings. The Kier molecular flexibility index (Phi) is 8.21. The lowest BCUT2D eigenvalue weighted by atomic mass is 9.82. The van der Waals surface area contributed by atoms with Crippen LogP contribution in [0.3, 0.4) is 0 Å². The first-order valence-electron chi connectivity index (χ1n) is 14.5. The third-order valence-corrected chi connectivity index (χ3v) is 12.4. The van der Waals surface area contributed by atoms with Gasteiger partial charge >= 0.3 is 0 Å². The molecule has 2 saturated heterocycles. The first-order valence-corrected chi connectivity index (χ1v) is 17.8. The zero-order valence-electron chi connectivity index (χ0n) is 24.1. The standard InChI is InChI=1S/C29H40N4O6S2/c1-20-4-6-23(7-5-20)26-30-28(35)29(31-26)9-11-33(12-10-29)41(38,39)15-8-25-21(2)18-24(19-22(25)3)27(34)32-13-16-40(36,37)17-14-32/h8,15,18-20,23H,4-7,9-14,16-17H2,1-3H3,(H,30,31,35)/b15-8+.